The average molecular weight is 463 g/mol. The molecule has 0 saturated carbocycles. The first-order valence-corrected chi connectivity index (χ1v) is 10.5. The van der Waals surface area contributed by atoms with E-state index in [0.29, 0.717) is 33.5 Å². The van der Waals surface area contributed by atoms with Crippen molar-refractivity contribution in [2.45, 2.75) is 19.9 Å². The monoisotopic (exact) mass is 462 g/mol. The van der Waals surface area contributed by atoms with E-state index in [1.165, 1.54) is 12.1 Å². The van der Waals surface area contributed by atoms with Crippen LogP contribution in [0.2, 0.25) is 5.15 Å². The number of nitrogens with zero attached hydrogens (tertiary/aromatic N) is 4. The van der Waals surface area contributed by atoms with Crippen molar-refractivity contribution in [3.8, 4) is 22.5 Å². The van der Waals surface area contributed by atoms with Gasteiger partial charge < -0.3 is 11.1 Å². The van der Waals surface area contributed by atoms with Gasteiger partial charge in [-0.3, -0.25) is 9.78 Å². The van der Waals surface area contributed by atoms with Crippen molar-refractivity contribution in [3.63, 3.8) is 0 Å². The summed E-state index contributed by atoms with van der Waals surface area (Å²) in [6.45, 7) is 3.54. The molecule has 3 N–H and O–H groups in total. The van der Waals surface area contributed by atoms with Gasteiger partial charge in [0.15, 0.2) is 11.5 Å². The Morgan fingerprint density at radius 3 is 2.42 bits per heavy atom. The number of nitrogen functional groups attached to an aromatic ring is 1. The smallest absolute Gasteiger partial charge is 0.274 e. The van der Waals surface area contributed by atoms with Crippen molar-refractivity contribution in [2.24, 2.45) is 0 Å². The molecule has 0 bridgehead atoms. The largest absolute Gasteiger partial charge is 0.382 e. The lowest BCUT2D eigenvalue weighted by molar-refractivity contribution is 0.0935. The number of carbonyl (C=O) groups is 1. The standard InChI is InChI=1S/C24H20ClFN6O/c1-13-10-16(11-19(25)29-13)21-20(15-6-4-3-5-7-15)32-23(27)22(31-21)24(33)30-14(2)18-9-8-17(26)12-28-18/h3-12,14H,1-2H3,(H2,27,32)(H,30,33). The lowest BCUT2D eigenvalue weighted by Crippen LogP contribution is -2.29. The first-order chi connectivity index (χ1) is 15.8. The summed E-state index contributed by atoms with van der Waals surface area (Å²) in [6, 6.07) is 15.1. The van der Waals surface area contributed by atoms with E-state index in [1.54, 1.807) is 13.0 Å². The molecular weight excluding hydrogens is 443 g/mol. The third kappa shape index (κ3) is 4.96. The maximum absolute atomic E-state index is 13.2. The Morgan fingerprint density at radius 2 is 1.76 bits per heavy atom. The van der Waals surface area contributed by atoms with Crippen LogP contribution in [0.4, 0.5) is 10.2 Å². The molecule has 3 heterocycles. The van der Waals surface area contributed by atoms with Gasteiger partial charge in [-0.2, -0.15) is 0 Å². The number of nitrogens with one attached hydrogen (secondary N) is 1. The molecule has 4 aromatic rings. The van der Waals surface area contributed by atoms with E-state index in [4.69, 9.17) is 17.3 Å². The number of rotatable bonds is 5. The van der Waals surface area contributed by atoms with Gasteiger partial charge in [0.1, 0.15) is 11.0 Å². The lowest BCUT2D eigenvalue weighted by atomic mass is 10.0. The number of amides is 1. The minimum Gasteiger partial charge on any atom is -0.382 e. The lowest BCUT2D eigenvalue weighted by Gasteiger charge is -2.16. The van der Waals surface area contributed by atoms with E-state index in [0.717, 1.165) is 11.8 Å². The van der Waals surface area contributed by atoms with E-state index in [1.807, 2.05) is 43.3 Å². The maximum atomic E-state index is 13.2. The minimum absolute atomic E-state index is 0.0220. The molecule has 0 saturated heterocycles. The molecule has 0 spiro atoms. The SMILES string of the molecule is Cc1cc(-c2nc(C(=O)NC(C)c3ccc(F)cn3)c(N)nc2-c2ccccc2)cc(Cl)n1. The summed E-state index contributed by atoms with van der Waals surface area (Å²) in [6.07, 6.45) is 1.09. The van der Waals surface area contributed by atoms with Gasteiger partial charge in [0.25, 0.3) is 5.91 Å². The topological polar surface area (TPSA) is 107 Å². The van der Waals surface area contributed by atoms with Gasteiger partial charge in [-0.15, -0.1) is 0 Å². The molecule has 1 aromatic carbocycles. The molecule has 1 amide bonds. The molecule has 7 nitrogen and oxygen atoms in total. The first kappa shape index (κ1) is 22.3. The summed E-state index contributed by atoms with van der Waals surface area (Å²) in [7, 11) is 0. The zero-order valence-corrected chi connectivity index (χ0v) is 18.6. The molecule has 0 fully saturated rings. The molecule has 1 atom stereocenters. The highest BCUT2D eigenvalue weighted by molar-refractivity contribution is 6.29. The second kappa shape index (κ2) is 9.30. The van der Waals surface area contributed by atoms with Gasteiger partial charge in [0, 0.05) is 16.8 Å². The highest BCUT2D eigenvalue weighted by Gasteiger charge is 2.22. The highest BCUT2D eigenvalue weighted by Crippen LogP contribution is 2.32. The van der Waals surface area contributed by atoms with Crippen LogP contribution in [0.3, 0.4) is 0 Å². The van der Waals surface area contributed by atoms with Gasteiger partial charge in [0.2, 0.25) is 0 Å². The fraction of sp³-hybridized carbons (Fsp3) is 0.125. The van der Waals surface area contributed by atoms with Crippen LogP contribution in [0.15, 0.2) is 60.8 Å². The van der Waals surface area contributed by atoms with Crippen LogP contribution in [-0.4, -0.2) is 25.8 Å². The number of benzene rings is 1. The third-order valence-electron chi connectivity index (χ3n) is 4.92. The fourth-order valence-corrected chi connectivity index (χ4v) is 3.61. The maximum Gasteiger partial charge on any atom is 0.274 e. The molecule has 0 aliphatic heterocycles. The van der Waals surface area contributed by atoms with E-state index in [9.17, 15) is 9.18 Å². The molecule has 0 aliphatic rings. The van der Waals surface area contributed by atoms with Gasteiger partial charge in [-0.1, -0.05) is 41.9 Å². The number of aryl methyl sites for hydroxylation is 1. The number of halogens is 2. The van der Waals surface area contributed by atoms with Crippen LogP contribution >= 0.6 is 11.6 Å². The van der Waals surface area contributed by atoms with Crippen molar-refractivity contribution in [3.05, 3.63) is 88.8 Å². The molecule has 0 radical (unpaired) electrons. The Labute approximate surface area is 194 Å². The van der Waals surface area contributed by atoms with Crippen LogP contribution < -0.4 is 11.1 Å². The zero-order chi connectivity index (χ0) is 23.5. The highest BCUT2D eigenvalue weighted by atomic mass is 35.5. The summed E-state index contributed by atoms with van der Waals surface area (Å²) in [5, 5.41) is 3.08. The molecule has 3 aromatic heterocycles. The summed E-state index contributed by atoms with van der Waals surface area (Å²) >= 11 is 6.18. The fourth-order valence-electron chi connectivity index (χ4n) is 3.36. The second-order valence-electron chi connectivity index (χ2n) is 7.44. The summed E-state index contributed by atoms with van der Waals surface area (Å²) in [4.78, 5) is 30.4. The van der Waals surface area contributed by atoms with Crippen molar-refractivity contribution in [2.75, 3.05) is 5.73 Å². The Kier molecular flexibility index (Phi) is 6.28. The number of nitrogens with two attached hydrogens (primary N) is 1. The van der Waals surface area contributed by atoms with Crippen LogP contribution in [0.5, 0.6) is 0 Å². The van der Waals surface area contributed by atoms with Crippen LogP contribution in [-0.2, 0) is 0 Å². The third-order valence-corrected chi connectivity index (χ3v) is 5.12. The molecule has 1 unspecified atom stereocenters. The predicted octanol–water partition coefficient (Wildman–Crippen LogP) is 4.77. The van der Waals surface area contributed by atoms with E-state index in [2.05, 4.69) is 25.3 Å². The zero-order valence-electron chi connectivity index (χ0n) is 17.9. The molecule has 4 rings (SSSR count). The number of hydrogen-bond acceptors (Lipinski definition) is 6. The summed E-state index contributed by atoms with van der Waals surface area (Å²) < 4.78 is 13.2. The molecule has 9 heteroatoms. The Morgan fingerprint density at radius 1 is 1.03 bits per heavy atom. The molecule has 0 aliphatic carbocycles. The molecule has 33 heavy (non-hydrogen) atoms. The second-order valence-corrected chi connectivity index (χ2v) is 7.82. The predicted molar refractivity (Wildman–Crippen MR) is 125 cm³/mol. The Hall–Kier alpha value is -3.91. The summed E-state index contributed by atoms with van der Waals surface area (Å²) in [5.41, 5.74) is 9.71. The van der Waals surface area contributed by atoms with Crippen LogP contribution in [0, 0.1) is 12.7 Å². The molecule has 166 valence electrons. The normalized spacial score (nSPS) is 11.8. The minimum atomic E-state index is -0.531. The molecular formula is C24H20ClFN6O. The number of aromatic nitrogens is 4. The van der Waals surface area contributed by atoms with Crippen molar-refractivity contribution in [1.82, 2.24) is 25.3 Å². The Bertz CT molecular complexity index is 1290. The van der Waals surface area contributed by atoms with E-state index >= 15 is 0 Å². The number of hydrogen-bond donors (Lipinski definition) is 2. The van der Waals surface area contributed by atoms with Crippen molar-refractivity contribution < 1.29 is 9.18 Å². The van der Waals surface area contributed by atoms with Crippen molar-refractivity contribution in [1.29, 1.82) is 0 Å². The van der Waals surface area contributed by atoms with Gasteiger partial charge in [-0.25, -0.2) is 19.3 Å². The van der Waals surface area contributed by atoms with E-state index in [-0.39, 0.29) is 11.5 Å². The van der Waals surface area contributed by atoms with Gasteiger partial charge >= 0.3 is 0 Å². The van der Waals surface area contributed by atoms with Crippen molar-refractivity contribution >= 4 is 23.3 Å². The van der Waals surface area contributed by atoms with Crippen LogP contribution in [0.1, 0.15) is 34.8 Å². The number of anilines is 1. The van der Waals surface area contributed by atoms with Gasteiger partial charge in [-0.05, 0) is 38.1 Å². The average Bonchev–Trinajstić information content (AvgIpc) is 2.79. The van der Waals surface area contributed by atoms with Crippen LogP contribution in [0.25, 0.3) is 22.5 Å². The van der Waals surface area contributed by atoms with E-state index < -0.39 is 17.8 Å². The quantitative estimate of drug-likeness (QED) is 0.413. The number of carbonyl (C=O) groups excluding carboxylic acids is 1. The summed E-state index contributed by atoms with van der Waals surface area (Å²) in [5.74, 6) is -1.01. The Balaban J connectivity index is 1.78. The number of pyridine rings is 2. The first-order valence-electron chi connectivity index (χ1n) is 10.1. The van der Waals surface area contributed by atoms with Gasteiger partial charge in [0.05, 0.1) is 29.3 Å².